The molecule has 0 unspecified atom stereocenters. The lowest BCUT2D eigenvalue weighted by Crippen LogP contribution is -2.59. The van der Waals surface area contributed by atoms with Gasteiger partial charge >= 0.3 is 0 Å². The Morgan fingerprint density at radius 2 is 1.63 bits per heavy atom. The third-order valence-electron chi connectivity index (χ3n) is 7.26. The van der Waals surface area contributed by atoms with Crippen molar-refractivity contribution in [2.24, 2.45) is 7.05 Å². The van der Waals surface area contributed by atoms with E-state index in [9.17, 15) is 18.8 Å². The van der Waals surface area contributed by atoms with Gasteiger partial charge in [0.25, 0.3) is 5.56 Å². The Kier molecular flexibility index (Phi) is 7.15. The number of benzene rings is 2. The topological polar surface area (TPSA) is 65.2 Å². The number of aromatic nitrogens is 2. The molecule has 0 bridgehead atoms. The lowest BCUT2D eigenvalue weighted by Gasteiger charge is -2.49. The molecular formula is C29H26ClF2N5O. The first-order valence-electron chi connectivity index (χ1n) is 12.3. The van der Waals surface area contributed by atoms with E-state index < -0.39 is 0 Å². The zero-order chi connectivity index (χ0) is 27.0. The van der Waals surface area contributed by atoms with Crippen LogP contribution in [0.15, 0.2) is 71.5 Å². The van der Waals surface area contributed by atoms with Crippen molar-refractivity contribution in [3.05, 3.63) is 106 Å². The zero-order valence-electron chi connectivity index (χ0n) is 21.0. The van der Waals surface area contributed by atoms with Crippen LogP contribution in [0.1, 0.15) is 29.8 Å². The van der Waals surface area contributed by atoms with Crippen LogP contribution in [0.4, 0.5) is 14.5 Å². The summed E-state index contributed by atoms with van der Waals surface area (Å²) in [5, 5.41) is 9.44. The van der Waals surface area contributed by atoms with Crippen LogP contribution in [0.25, 0.3) is 11.0 Å². The molecule has 0 amide bonds. The predicted molar refractivity (Wildman–Crippen MR) is 144 cm³/mol. The number of aryl methyl sites for hydroxylation is 1. The largest absolute Gasteiger partial charge is 0.364 e. The van der Waals surface area contributed by atoms with Crippen LogP contribution in [0.5, 0.6) is 0 Å². The van der Waals surface area contributed by atoms with Crippen LogP contribution in [0.2, 0.25) is 0 Å². The summed E-state index contributed by atoms with van der Waals surface area (Å²) < 4.78 is 29.1. The van der Waals surface area contributed by atoms with E-state index in [4.69, 9.17) is 11.6 Å². The number of hydrogen-bond donors (Lipinski definition) is 0. The summed E-state index contributed by atoms with van der Waals surface area (Å²) in [6, 6.07) is 19.1. The Hall–Kier alpha value is -3.80. The molecule has 3 heterocycles. The second-order valence-electron chi connectivity index (χ2n) is 9.61. The number of nitriles is 1. The summed E-state index contributed by atoms with van der Waals surface area (Å²) in [6.45, 7) is 3.11. The van der Waals surface area contributed by atoms with Gasteiger partial charge in [-0.1, -0.05) is 24.3 Å². The molecule has 2 aromatic heterocycles. The van der Waals surface area contributed by atoms with E-state index >= 15 is 0 Å². The number of alkyl halides is 1. The fourth-order valence-corrected chi connectivity index (χ4v) is 5.59. The minimum absolute atomic E-state index is 0.0688. The molecule has 0 radical (unpaired) electrons. The number of rotatable bonds is 5. The number of halogens is 3. The highest BCUT2D eigenvalue weighted by Gasteiger charge is 2.37. The summed E-state index contributed by atoms with van der Waals surface area (Å²) >= 11 is 6.55. The monoisotopic (exact) mass is 533 g/mol. The summed E-state index contributed by atoms with van der Waals surface area (Å²) in [4.78, 5) is 21.8. The molecule has 6 nitrogen and oxygen atoms in total. The van der Waals surface area contributed by atoms with Crippen molar-refractivity contribution >= 4 is 28.3 Å². The molecule has 2 atom stereocenters. The van der Waals surface area contributed by atoms with Crippen molar-refractivity contribution in [2.75, 3.05) is 23.9 Å². The molecule has 0 spiro atoms. The molecule has 0 N–H and O–H groups in total. The molecule has 38 heavy (non-hydrogen) atoms. The van der Waals surface area contributed by atoms with Crippen molar-refractivity contribution in [2.45, 2.75) is 25.0 Å². The molecule has 1 fully saturated rings. The molecule has 194 valence electrons. The number of hydrogen-bond acceptors (Lipinski definition) is 5. The van der Waals surface area contributed by atoms with Crippen LogP contribution in [0, 0.1) is 23.0 Å². The number of anilines is 1. The molecule has 2 aromatic carbocycles. The van der Waals surface area contributed by atoms with Gasteiger partial charge in [-0.2, -0.15) is 5.26 Å². The third kappa shape index (κ3) is 4.75. The predicted octanol–water partition coefficient (Wildman–Crippen LogP) is 4.99. The fraction of sp³-hybridized carbons (Fsp3) is 0.276. The van der Waals surface area contributed by atoms with E-state index in [0.717, 1.165) is 11.1 Å². The molecule has 0 saturated carbocycles. The Bertz CT molecular complexity index is 1520. The first-order valence-corrected chi connectivity index (χ1v) is 12.8. The van der Waals surface area contributed by atoms with Crippen molar-refractivity contribution in [1.82, 2.24) is 14.5 Å². The van der Waals surface area contributed by atoms with Gasteiger partial charge in [0.1, 0.15) is 28.9 Å². The van der Waals surface area contributed by atoms with E-state index in [0.29, 0.717) is 35.7 Å². The number of fused-ring (bicyclic) bond motifs is 1. The van der Waals surface area contributed by atoms with Gasteiger partial charge < -0.3 is 9.47 Å². The number of piperazine rings is 1. The number of pyridine rings is 2. The standard InChI is InChI=1S/C29H26ClF2N5O/c1-18-16-37(29(19-3-7-21(31)8-4-19)20-5-9-22(32)10-6-20)24(14-30)17-36(18)26-13-27(38)35(2)25-12-11-23(15-33)34-28(25)26/h3-13,18,24,29H,14,16-17H2,1-2H3/t18-,24+/m0/s1. The molecule has 5 rings (SSSR count). The quantitative estimate of drug-likeness (QED) is 0.338. The van der Waals surface area contributed by atoms with Gasteiger partial charge in [0.15, 0.2) is 0 Å². The highest BCUT2D eigenvalue weighted by atomic mass is 35.5. The highest BCUT2D eigenvalue weighted by molar-refractivity contribution is 6.18. The van der Waals surface area contributed by atoms with Crippen LogP contribution in [-0.2, 0) is 7.05 Å². The van der Waals surface area contributed by atoms with Crippen LogP contribution < -0.4 is 10.5 Å². The van der Waals surface area contributed by atoms with Gasteiger partial charge in [0.05, 0.1) is 17.2 Å². The maximum atomic E-state index is 13.8. The van der Waals surface area contributed by atoms with Gasteiger partial charge in [-0.05, 0) is 54.4 Å². The SMILES string of the molecule is C[C@H]1CN(C(c2ccc(F)cc2)c2ccc(F)cc2)[C@H](CCl)CN1c1cc(=O)n(C)c2ccc(C#N)nc12. The van der Waals surface area contributed by atoms with E-state index in [-0.39, 0.29) is 41.0 Å². The number of nitrogens with zero attached hydrogens (tertiary/aromatic N) is 5. The third-order valence-corrected chi connectivity index (χ3v) is 7.61. The Balaban J connectivity index is 1.58. The smallest absolute Gasteiger partial charge is 0.252 e. The van der Waals surface area contributed by atoms with Crippen LogP contribution >= 0.6 is 11.6 Å². The second kappa shape index (κ2) is 10.5. The summed E-state index contributed by atoms with van der Waals surface area (Å²) in [6.07, 6.45) is 0. The molecule has 0 aliphatic carbocycles. The lowest BCUT2D eigenvalue weighted by atomic mass is 9.93. The fourth-order valence-electron chi connectivity index (χ4n) is 5.31. The molecule has 1 aliphatic heterocycles. The summed E-state index contributed by atoms with van der Waals surface area (Å²) in [5.74, 6) is -0.372. The van der Waals surface area contributed by atoms with Crippen molar-refractivity contribution < 1.29 is 8.78 Å². The van der Waals surface area contributed by atoms with Crippen LogP contribution in [-0.4, -0.2) is 45.5 Å². The van der Waals surface area contributed by atoms with E-state index in [1.807, 2.05) is 0 Å². The molecule has 9 heteroatoms. The minimum Gasteiger partial charge on any atom is -0.364 e. The summed E-state index contributed by atoms with van der Waals surface area (Å²) in [5.41, 5.74) is 3.70. The Morgan fingerprint density at radius 3 is 2.18 bits per heavy atom. The Labute approximate surface area is 224 Å². The first-order chi connectivity index (χ1) is 18.3. The highest BCUT2D eigenvalue weighted by Crippen LogP contribution is 2.36. The summed E-state index contributed by atoms with van der Waals surface area (Å²) in [7, 11) is 1.68. The van der Waals surface area contributed by atoms with Crippen molar-refractivity contribution in [3.63, 3.8) is 0 Å². The van der Waals surface area contributed by atoms with E-state index in [1.54, 1.807) is 49.5 Å². The maximum absolute atomic E-state index is 13.8. The normalized spacial score (nSPS) is 18.2. The molecule has 1 saturated heterocycles. The van der Waals surface area contributed by atoms with Crippen LogP contribution in [0.3, 0.4) is 0 Å². The van der Waals surface area contributed by atoms with Gasteiger partial charge in [-0.25, -0.2) is 13.8 Å². The average molecular weight is 534 g/mol. The van der Waals surface area contributed by atoms with Crippen molar-refractivity contribution in [3.8, 4) is 6.07 Å². The Morgan fingerprint density at radius 1 is 1.03 bits per heavy atom. The minimum atomic E-state index is -0.333. The van der Waals surface area contributed by atoms with Gasteiger partial charge in [0.2, 0.25) is 0 Å². The molecule has 4 aromatic rings. The first kappa shape index (κ1) is 25.8. The van der Waals surface area contributed by atoms with Gasteiger partial charge in [-0.15, -0.1) is 11.6 Å². The van der Waals surface area contributed by atoms with E-state index in [2.05, 4.69) is 27.8 Å². The van der Waals surface area contributed by atoms with Gasteiger partial charge in [-0.3, -0.25) is 9.69 Å². The second-order valence-corrected chi connectivity index (χ2v) is 9.92. The maximum Gasteiger partial charge on any atom is 0.252 e. The lowest BCUT2D eigenvalue weighted by molar-refractivity contribution is 0.132. The molecule has 1 aliphatic rings. The van der Waals surface area contributed by atoms with E-state index in [1.165, 1.54) is 28.8 Å². The zero-order valence-corrected chi connectivity index (χ0v) is 21.7. The molecular weight excluding hydrogens is 508 g/mol. The van der Waals surface area contributed by atoms with Crippen molar-refractivity contribution in [1.29, 1.82) is 5.26 Å². The average Bonchev–Trinajstić information content (AvgIpc) is 2.93. The van der Waals surface area contributed by atoms with Gasteiger partial charge in [0, 0.05) is 44.2 Å².